The number of benzene rings is 1. The average molecular weight is 311 g/mol. The van der Waals surface area contributed by atoms with Crippen LogP contribution in [0.2, 0.25) is 0 Å². The molecular weight excluding hydrogens is 298 g/mol. The molecule has 106 valence electrons. The van der Waals surface area contributed by atoms with Crippen molar-refractivity contribution in [3.63, 3.8) is 0 Å². The number of aromatic amines is 1. The van der Waals surface area contributed by atoms with E-state index in [0.717, 1.165) is 0 Å². The standard InChI is InChI=1S/C11H13N5O2S2/c12-11(19)8-1-3-9(4-2-8)20(17,18)15-6-5-10-13-7-14-16-10/h1-4,7,15H,5-6H2,(H2,12,19)(H,13,14,16). The van der Waals surface area contributed by atoms with E-state index in [2.05, 4.69) is 19.9 Å². The molecule has 2 rings (SSSR count). The minimum absolute atomic E-state index is 0.162. The fraction of sp³-hybridized carbons (Fsp3) is 0.182. The number of rotatable bonds is 6. The van der Waals surface area contributed by atoms with Crippen LogP contribution < -0.4 is 10.5 Å². The molecule has 0 atom stereocenters. The van der Waals surface area contributed by atoms with Gasteiger partial charge in [0.05, 0.1) is 4.90 Å². The number of hydrogen-bond donors (Lipinski definition) is 3. The van der Waals surface area contributed by atoms with Gasteiger partial charge in [0.2, 0.25) is 10.0 Å². The van der Waals surface area contributed by atoms with E-state index in [1.807, 2.05) is 0 Å². The fourth-order valence-electron chi connectivity index (χ4n) is 1.54. The van der Waals surface area contributed by atoms with Crippen LogP contribution in [0.5, 0.6) is 0 Å². The number of nitrogens with zero attached hydrogens (tertiary/aromatic N) is 2. The van der Waals surface area contributed by atoms with Crippen LogP contribution in [0.3, 0.4) is 0 Å². The molecule has 0 aliphatic heterocycles. The summed E-state index contributed by atoms with van der Waals surface area (Å²) in [5, 5.41) is 6.34. The summed E-state index contributed by atoms with van der Waals surface area (Å²) in [6, 6.07) is 6.08. The Balaban J connectivity index is 2.00. The molecule has 4 N–H and O–H groups in total. The normalized spacial score (nSPS) is 11.4. The molecule has 1 aromatic heterocycles. The summed E-state index contributed by atoms with van der Waals surface area (Å²) in [6.45, 7) is 0.231. The third-order valence-electron chi connectivity index (χ3n) is 2.57. The van der Waals surface area contributed by atoms with Gasteiger partial charge in [0.15, 0.2) is 0 Å². The van der Waals surface area contributed by atoms with E-state index >= 15 is 0 Å². The molecule has 0 radical (unpaired) electrons. The molecule has 0 aliphatic rings. The van der Waals surface area contributed by atoms with Crippen molar-refractivity contribution in [1.82, 2.24) is 19.9 Å². The van der Waals surface area contributed by atoms with Gasteiger partial charge < -0.3 is 5.73 Å². The van der Waals surface area contributed by atoms with Gasteiger partial charge in [-0.2, -0.15) is 5.10 Å². The quantitative estimate of drug-likeness (QED) is 0.645. The molecule has 0 bridgehead atoms. The third kappa shape index (κ3) is 3.59. The van der Waals surface area contributed by atoms with Crippen molar-refractivity contribution in [2.75, 3.05) is 6.54 Å². The van der Waals surface area contributed by atoms with Gasteiger partial charge in [-0.05, 0) is 12.1 Å². The first-order valence-corrected chi connectivity index (χ1v) is 7.62. The molecule has 0 spiro atoms. The van der Waals surface area contributed by atoms with Crippen LogP contribution in [0.4, 0.5) is 0 Å². The van der Waals surface area contributed by atoms with Crippen LogP contribution in [0.15, 0.2) is 35.5 Å². The minimum atomic E-state index is -3.55. The minimum Gasteiger partial charge on any atom is -0.389 e. The summed E-state index contributed by atoms with van der Waals surface area (Å²) in [5.74, 6) is 0.622. The second-order valence-electron chi connectivity index (χ2n) is 3.97. The highest BCUT2D eigenvalue weighted by Gasteiger charge is 2.13. The van der Waals surface area contributed by atoms with Gasteiger partial charge in [0.1, 0.15) is 17.1 Å². The lowest BCUT2D eigenvalue weighted by atomic mass is 10.2. The number of H-pyrrole nitrogens is 1. The Hall–Kier alpha value is -1.84. The zero-order chi connectivity index (χ0) is 14.6. The lowest BCUT2D eigenvalue weighted by Crippen LogP contribution is -2.26. The predicted molar refractivity (Wildman–Crippen MR) is 77.6 cm³/mol. The number of hydrogen-bond acceptors (Lipinski definition) is 5. The lowest BCUT2D eigenvalue weighted by Gasteiger charge is -2.06. The Morgan fingerprint density at radius 1 is 1.35 bits per heavy atom. The molecule has 0 saturated carbocycles. The molecule has 7 nitrogen and oxygen atoms in total. The van der Waals surface area contributed by atoms with Crippen LogP contribution in [-0.4, -0.2) is 35.1 Å². The molecule has 1 heterocycles. The fourth-order valence-corrected chi connectivity index (χ4v) is 2.70. The van der Waals surface area contributed by atoms with Crippen LogP contribution in [0, 0.1) is 0 Å². The van der Waals surface area contributed by atoms with Crippen molar-refractivity contribution in [3.05, 3.63) is 42.0 Å². The summed E-state index contributed by atoms with van der Waals surface area (Å²) < 4.78 is 26.5. The topological polar surface area (TPSA) is 114 Å². The zero-order valence-corrected chi connectivity index (χ0v) is 12.0. The number of nitrogens with one attached hydrogen (secondary N) is 2. The van der Waals surface area contributed by atoms with E-state index in [1.54, 1.807) is 12.1 Å². The van der Waals surface area contributed by atoms with Gasteiger partial charge in [0.25, 0.3) is 0 Å². The first kappa shape index (κ1) is 14.6. The monoisotopic (exact) mass is 311 g/mol. The molecule has 1 aromatic carbocycles. The van der Waals surface area contributed by atoms with E-state index in [-0.39, 0.29) is 16.4 Å². The summed E-state index contributed by atoms with van der Waals surface area (Å²) in [5.41, 5.74) is 6.08. The Morgan fingerprint density at radius 2 is 2.05 bits per heavy atom. The van der Waals surface area contributed by atoms with Gasteiger partial charge in [0, 0.05) is 18.5 Å². The van der Waals surface area contributed by atoms with Crippen molar-refractivity contribution in [3.8, 4) is 0 Å². The maximum absolute atomic E-state index is 12.0. The molecule has 9 heteroatoms. The highest BCUT2D eigenvalue weighted by Crippen LogP contribution is 2.10. The molecule has 0 saturated heterocycles. The van der Waals surface area contributed by atoms with Crippen LogP contribution in [0.25, 0.3) is 0 Å². The van der Waals surface area contributed by atoms with E-state index in [4.69, 9.17) is 18.0 Å². The number of thiocarbonyl (C=S) groups is 1. The maximum atomic E-state index is 12.0. The number of sulfonamides is 1. The summed E-state index contributed by atoms with van der Waals surface area (Å²) >= 11 is 4.81. The van der Waals surface area contributed by atoms with Crippen LogP contribution in [-0.2, 0) is 16.4 Å². The molecule has 2 aromatic rings. The maximum Gasteiger partial charge on any atom is 0.240 e. The predicted octanol–water partition coefficient (Wildman–Crippen LogP) is -0.0401. The van der Waals surface area contributed by atoms with E-state index < -0.39 is 10.0 Å². The van der Waals surface area contributed by atoms with Gasteiger partial charge in [-0.25, -0.2) is 18.1 Å². The Morgan fingerprint density at radius 3 is 2.60 bits per heavy atom. The first-order valence-electron chi connectivity index (χ1n) is 5.73. The zero-order valence-electron chi connectivity index (χ0n) is 10.4. The van der Waals surface area contributed by atoms with Gasteiger partial charge in [-0.15, -0.1) is 0 Å². The Labute approximate surface area is 121 Å². The van der Waals surface area contributed by atoms with Crippen molar-refractivity contribution in [2.24, 2.45) is 5.73 Å². The van der Waals surface area contributed by atoms with Gasteiger partial charge in [-0.3, -0.25) is 5.10 Å². The van der Waals surface area contributed by atoms with Crippen molar-refractivity contribution < 1.29 is 8.42 Å². The molecule has 0 fully saturated rings. The lowest BCUT2D eigenvalue weighted by molar-refractivity contribution is 0.581. The second-order valence-corrected chi connectivity index (χ2v) is 6.18. The highest BCUT2D eigenvalue weighted by molar-refractivity contribution is 7.89. The third-order valence-corrected chi connectivity index (χ3v) is 4.28. The highest BCUT2D eigenvalue weighted by atomic mass is 32.2. The van der Waals surface area contributed by atoms with E-state index in [9.17, 15) is 8.42 Å². The van der Waals surface area contributed by atoms with E-state index in [1.165, 1.54) is 18.5 Å². The number of aromatic nitrogens is 3. The average Bonchev–Trinajstić information content (AvgIpc) is 2.92. The summed E-state index contributed by atoms with van der Waals surface area (Å²) in [7, 11) is -3.55. The summed E-state index contributed by atoms with van der Waals surface area (Å²) in [4.78, 5) is 4.30. The molecular formula is C11H13N5O2S2. The molecule has 0 unspecified atom stereocenters. The summed E-state index contributed by atoms with van der Waals surface area (Å²) in [6.07, 6.45) is 1.81. The smallest absolute Gasteiger partial charge is 0.240 e. The van der Waals surface area contributed by atoms with Gasteiger partial charge >= 0.3 is 0 Å². The SMILES string of the molecule is NC(=S)c1ccc(S(=O)(=O)NCCc2ncn[nH]2)cc1. The molecule has 20 heavy (non-hydrogen) atoms. The van der Waals surface area contributed by atoms with E-state index in [0.29, 0.717) is 17.8 Å². The largest absolute Gasteiger partial charge is 0.389 e. The first-order chi connectivity index (χ1) is 9.49. The second kappa shape index (κ2) is 6.07. The van der Waals surface area contributed by atoms with Crippen LogP contribution >= 0.6 is 12.2 Å². The number of nitrogens with two attached hydrogens (primary N) is 1. The molecule has 0 aliphatic carbocycles. The van der Waals surface area contributed by atoms with Crippen LogP contribution in [0.1, 0.15) is 11.4 Å². The van der Waals surface area contributed by atoms with Crippen molar-refractivity contribution >= 4 is 27.2 Å². The van der Waals surface area contributed by atoms with Crippen molar-refractivity contribution in [1.29, 1.82) is 0 Å². The molecule has 0 amide bonds. The van der Waals surface area contributed by atoms with Gasteiger partial charge in [-0.1, -0.05) is 24.4 Å². The Kier molecular flexibility index (Phi) is 4.42. The Bertz CT molecular complexity index is 680. The van der Waals surface area contributed by atoms with Crippen molar-refractivity contribution in [2.45, 2.75) is 11.3 Å².